The molecule has 0 atom stereocenters. The van der Waals surface area contributed by atoms with Gasteiger partial charge in [-0.3, -0.25) is 9.89 Å². The first-order chi connectivity index (χ1) is 8.68. The number of aromatic amines is 1. The average Bonchev–Trinajstić information content (AvgIpc) is 2.94. The van der Waals surface area contributed by atoms with Gasteiger partial charge in [0.25, 0.3) is 5.91 Å². The first-order valence-electron chi connectivity index (χ1n) is 5.68. The van der Waals surface area contributed by atoms with Crippen LogP contribution in [0.5, 0.6) is 0 Å². The van der Waals surface area contributed by atoms with Crippen LogP contribution >= 0.6 is 11.6 Å². The number of carbonyl (C=O) groups excluding carboxylic acids is 1. The minimum absolute atomic E-state index is 0.123. The fourth-order valence-electron chi connectivity index (χ4n) is 1.66. The molecule has 2 rings (SSSR count). The summed E-state index contributed by atoms with van der Waals surface area (Å²) in [5, 5.41) is 9.74. The molecule has 0 fully saturated rings. The van der Waals surface area contributed by atoms with Crippen LogP contribution < -0.4 is 5.32 Å². The molecule has 0 aliphatic rings. The third-order valence-corrected chi connectivity index (χ3v) is 3.00. The molecule has 0 aliphatic carbocycles. The van der Waals surface area contributed by atoms with Gasteiger partial charge in [-0.1, -0.05) is 0 Å². The maximum absolute atomic E-state index is 11.7. The number of rotatable bonds is 5. The van der Waals surface area contributed by atoms with Gasteiger partial charge >= 0.3 is 0 Å². The van der Waals surface area contributed by atoms with Crippen LogP contribution in [-0.4, -0.2) is 22.6 Å². The van der Waals surface area contributed by atoms with Crippen LogP contribution in [0.3, 0.4) is 0 Å². The highest BCUT2D eigenvalue weighted by molar-refractivity contribution is 6.32. The van der Waals surface area contributed by atoms with E-state index in [4.69, 9.17) is 16.0 Å². The summed E-state index contributed by atoms with van der Waals surface area (Å²) in [5.74, 6) is -0.210. The third kappa shape index (κ3) is 2.92. The normalized spacial score (nSPS) is 10.6. The summed E-state index contributed by atoms with van der Waals surface area (Å²) < 4.78 is 4.86. The largest absolute Gasteiger partial charge is 0.452 e. The zero-order chi connectivity index (χ0) is 13.0. The van der Waals surface area contributed by atoms with Crippen molar-refractivity contribution in [2.45, 2.75) is 19.8 Å². The number of furan rings is 1. The lowest BCUT2D eigenvalue weighted by atomic mass is 10.1. The molecule has 1 amide bonds. The Morgan fingerprint density at radius 2 is 2.44 bits per heavy atom. The zero-order valence-corrected chi connectivity index (χ0v) is 10.8. The third-order valence-electron chi connectivity index (χ3n) is 2.71. The van der Waals surface area contributed by atoms with Gasteiger partial charge in [-0.15, -0.1) is 0 Å². The number of nitrogens with zero attached hydrogens (tertiary/aromatic N) is 1. The van der Waals surface area contributed by atoms with Crippen LogP contribution in [0.1, 0.15) is 28.0 Å². The SMILES string of the molecule is Cc1[nH]ncc1CCCNC(=O)c1ccoc1Cl. The minimum Gasteiger partial charge on any atom is -0.452 e. The second-order valence-corrected chi connectivity index (χ2v) is 4.33. The number of carbonyl (C=O) groups is 1. The van der Waals surface area contributed by atoms with Gasteiger partial charge in [0.1, 0.15) is 0 Å². The fraction of sp³-hybridized carbons (Fsp3) is 0.333. The van der Waals surface area contributed by atoms with Gasteiger partial charge in [0.2, 0.25) is 5.22 Å². The summed E-state index contributed by atoms with van der Waals surface area (Å²) in [7, 11) is 0. The van der Waals surface area contributed by atoms with Crippen molar-refractivity contribution in [2.24, 2.45) is 0 Å². The van der Waals surface area contributed by atoms with Gasteiger partial charge in [0, 0.05) is 12.2 Å². The Labute approximate surface area is 110 Å². The summed E-state index contributed by atoms with van der Waals surface area (Å²) in [6, 6.07) is 1.55. The Balaban J connectivity index is 1.75. The molecule has 0 unspecified atom stereocenters. The molecule has 0 radical (unpaired) electrons. The number of amides is 1. The molecule has 5 nitrogen and oxygen atoms in total. The van der Waals surface area contributed by atoms with Crippen molar-refractivity contribution < 1.29 is 9.21 Å². The molecule has 0 aromatic carbocycles. The molecule has 2 aromatic rings. The van der Waals surface area contributed by atoms with Crippen LogP contribution in [0.4, 0.5) is 0 Å². The summed E-state index contributed by atoms with van der Waals surface area (Å²) in [6.07, 6.45) is 4.93. The first kappa shape index (κ1) is 12.7. The lowest BCUT2D eigenvalue weighted by Crippen LogP contribution is -2.24. The molecule has 2 N–H and O–H groups in total. The van der Waals surface area contributed by atoms with E-state index in [1.54, 1.807) is 6.07 Å². The number of halogens is 1. The summed E-state index contributed by atoms with van der Waals surface area (Å²) >= 11 is 5.71. The van der Waals surface area contributed by atoms with Crippen LogP contribution in [0.15, 0.2) is 22.9 Å². The van der Waals surface area contributed by atoms with Crippen molar-refractivity contribution in [3.8, 4) is 0 Å². The lowest BCUT2D eigenvalue weighted by Gasteiger charge is -2.03. The van der Waals surface area contributed by atoms with E-state index >= 15 is 0 Å². The quantitative estimate of drug-likeness (QED) is 0.817. The van der Waals surface area contributed by atoms with E-state index < -0.39 is 0 Å². The van der Waals surface area contributed by atoms with E-state index in [2.05, 4.69) is 15.5 Å². The number of hydrogen-bond donors (Lipinski definition) is 2. The zero-order valence-electron chi connectivity index (χ0n) is 10.00. The van der Waals surface area contributed by atoms with Gasteiger partial charge in [-0.25, -0.2) is 0 Å². The highest BCUT2D eigenvalue weighted by Crippen LogP contribution is 2.16. The molecular weight excluding hydrogens is 254 g/mol. The predicted molar refractivity (Wildman–Crippen MR) is 67.7 cm³/mol. The van der Waals surface area contributed by atoms with Gasteiger partial charge < -0.3 is 9.73 Å². The molecule has 96 valence electrons. The van der Waals surface area contributed by atoms with Crippen LogP contribution in [-0.2, 0) is 6.42 Å². The van der Waals surface area contributed by atoms with Gasteiger partial charge in [0.05, 0.1) is 18.0 Å². The van der Waals surface area contributed by atoms with E-state index in [-0.39, 0.29) is 11.1 Å². The molecular formula is C12H14ClN3O2. The monoisotopic (exact) mass is 267 g/mol. The van der Waals surface area contributed by atoms with Crippen molar-refractivity contribution in [2.75, 3.05) is 6.54 Å². The maximum Gasteiger partial charge on any atom is 0.256 e. The van der Waals surface area contributed by atoms with E-state index in [0.29, 0.717) is 12.1 Å². The summed E-state index contributed by atoms with van der Waals surface area (Å²) in [4.78, 5) is 11.7. The van der Waals surface area contributed by atoms with E-state index in [1.807, 2.05) is 13.1 Å². The fourth-order valence-corrected chi connectivity index (χ4v) is 1.86. The molecule has 6 heteroatoms. The first-order valence-corrected chi connectivity index (χ1v) is 6.06. The molecule has 0 spiro atoms. The van der Waals surface area contributed by atoms with Gasteiger partial charge in [0.15, 0.2) is 0 Å². The molecule has 0 saturated heterocycles. The van der Waals surface area contributed by atoms with Crippen molar-refractivity contribution in [1.82, 2.24) is 15.5 Å². The van der Waals surface area contributed by atoms with Gasteiger partial charge in [-0.05, 0) is 43.0 Å². The van der Waals surface area contributed by atoms with Crippen LogP contribution in [0, 0.1) is 6.92 Å². The second-order valence-electron chi connectivity index (χ2n) is 3.99. The second kappa shape index (κ2) is 5.73. The molecule has 2 heterocycles. The van der Waals surface area contributed by atoms with E-state index in [1.165, 1.54) is 11.8 Å². The lowest BCUT2D eigenvalue weighted by molar-refractivity contribution is 0.0953. The van der Waals surface area contributed by atoms with Crippen molar-refractivity contribution in [1.29, 1.82) is 0 Å². The molecule has 18 heavy (non-hydrogen) atoms. The predicted octanol–water partition coefficient (Wildman–Crippen LogP) is 2.33. The molecule has 0 bridgehead atoms. The Bertz CT molecular complexity index is 533. The molecule has 2 aromatic heterocycles. The van der Waals surface area contributed by atoms with E-state index in [9.17, 15) is 4.79 Å². The van der Waals surface area contributed by atoms with Crippen LogP contribution in [0.25, 0.3) is 0 Å². The minimum atomic E-state index is -0.210. The molecule has 0 aliphatic heterocycles. The Hall–Kier alpha value is -1.75. The Kier molecular flexibility index (Phi) is 4.04. The Morgan fingerprint density at radius 3 is 3.06 bits per heavy atom. The number of hydrogen-bond acceptors (Lipinski definition) is 3. The summed E-state index contributed by atoms with van der Waals surface area (Å²) in [5.41, 5.74) is 2.61. The van der Waals surface area contributed by atoms with Crippen molar-refractivity contribution >= 4 is 17.5 Å². The number of nitrogens with one attached hydrogen (secondary N) is 2. The number of H-pyrrole nitrogens is 1. The smallest absolute Gasteiger partial charge is 0.256 e. The number of aromatic nitrogens is 2. The van der Waals surface area contributed by atoms with Crippen molar-refractivity contribution in [3.63, 3.8) is 0 Å². The molecule has 0 saturated carbocycles. The topological polar surface area (TPSA) is 70.9 Å². The highest BCUT2D eigenvalue weighted by Gasteiger charge is 2.11. The van der Waals surface area contributed by atoms with Crippen molar-refractivity contribution in [3.05, 3.63) is 40.6 Å². The van der Waals surface area contributed by atoms with Crippen LogP contribution in [0.2, 0.25) is 5.22 Å². The number of aryl methyl sites for hydroxylation is 2. The maximum atomic E-state index is 11.7. The standard InChI is InChI=1S/C12H14ClN3O2/c1-8-9(7-15-16-8)3-2-5-14-12(17)10-4-6-18-11(10)13/h4,6-7H,2-3,5H2,1H3,(H,14,17)(H,15,16). The van der Waals surface area contributed by atoms with E-state index in [0.717, 1.165) is 18.5 Å². The van der Waals surface area contributed by atoms with Gasteiger partial charge in [-0.2, -0.15) is 5.10 Å². The average molecular weight is 268 g/mol. The highest BCUT2D eigenvalue weighted by atomic mass is 35.5. The Morgan fingerprint density at radius 1 is 1.61 bits per heavy atom. The summed E-state index contributed by atoms with van der Waals surface area (Å²) in [6.45, 7) is 2.57.